The van der Waals surface area contributed by atoms with Crippen molar-refractivity contribution in [2.24, 2.45) is 0 Å². The van der Waals surface area contributed by atoms with E-state index in [0.717, 1.165) is 5.56 Å². The van der Waals surface area contributed by atoms with Crippen molar-refractivity contribution < 1.29 is 4.74 Å². The lowest BCUT2D eigenvalue weighted by Crippen LogP contribution is -2.05. The first-order valence-electron chi connectivity index (χ1n) is 6.34. The molecule has 2 N–H and O–H groups in total. The Labute approximate surface area is 121 Å². The van der Waals surface area contributed by atoms with Gasteiger partial charge in [-0.2, -0.15) is 5.26 Å². The standard InChI is InChI=1S/C15H13N5O/c1-9-6-7-18-14-12(9)19-15(17)20(14)13-10(8-16)4-3-5-11(13)21-2/h3-7H,1-2H3,(H2,17,19). The molecule has 2 heterocycles. The summed E-state index contributed by atoms with van der Waals surface area (Å²) in [6.45, 7) is 1.94. The molecule has 3 rings (SSSR count). The number of aryl methyl sites for hydroxylation is 1. The minimum absolute atomic E-state index is 0.271. The molecule has 0 bridgehead atoms. The summed E-state index contributed by atoms with van der Waals surface area (Å²) < 4.78 is 7.02. The summed E-state index contributed by atoms with van der Waals surface area (Å²) in [5.41, 5.74) is 9.34. The molecule has 0 spiro atoms. The molecule has 0 aliphatic carbocycles. The van der Waals surface area contributed by atoms with Crippen LogP contribution in [0, 0.1) is 18.3 Å². The molecule has 0 aliphatic rings. The van der Waals surface area contributed by atoms with Crippen molar-refractivity contribution in [3.8, 4) is 17.5 Å². The van der Waals surface area contributed by atoms with Crippen LogP contribution in [-0.2, 0) is 0 Å². The number of pyridine rings is 1. The lowest BCUT2D eigenvalue weighted by Gasteiger charge is -2.12. The highest BCUT2D eigenvalue weighted by atomic mass is 16.5. The zero-order chi connectivity index (χ0) is 15.0. The fourth-order valence-corrected chi connectivity index (χ4v) is 2.34. The first kappa shape index (κ1) is 12.9. The van der Waals surface area contributed by atoms with Gasteiger partial charge in [0.15, 0.2) is 5.65 Å². The number of para-hydroxylation sites is 1. The van der Waals surface area contributed by atoms with Gasteiger partial charge in [-0.25, -0.2) is 9.97 Å². The molecule has 3 aromatic rings. The van der Waals surface area contributed by atoms with Crippen LogP contribution in [0.1, 0.15) is 11.1 Å². The molecule has 6 nitrogen and oxygen atoms in total. The number of hydrogen-bond donors (Lipinski definition) is 1. The Kier molecular flexibility index (Phi) is 2.95. The van der Waals surface area contributed by atoms with Gasteiger partial charge < -0.3 is 10.5 Å². The highest BCUT2D eigenvalue weighted by molar-refractivity contribution is 5.81. The average Bonchev–Trinajstić information content (AvgIpc) is 2.83. The van der Waals surface area contributed by atoms with Crippen LogP contribution in [0.2, 0.25) is 0 Å². The average molecular weight is 279 g/mol. The Bertz CT molecular complexity index is 876. The summed E-state index contributed by atoms with van der Waals surface area (Å²) in [4.78, 5) is 8.70. The summed E-state index contributed by atoms with van der Waals surface area (Å²) in [7, 11) is 1.55. The Morgan fingerprint density at radius 1 is 1.33 bits per heavy atom. The lowest BCUT2D eigenvalue weighted by molar-refractivity contribution is 0.413. The second-order valence-corrected chi connectivity index (χ2v) is 4.57. The summed E-state index contributed by atoms with van der Waals surface area (Å²) in [5.74, 6) is 0.816. The number of rotatable bonds is 2. The molecule has 0 saturated heterocycles. The molecular formula is C15H13N5O. The molecule has 1 aromatic carbocycles. The number of methoxy groups -OCH3 is 1. The van der Waals surface area contributed by atoms with Crippen LogP contribution in [0.4, 0.5) is 5.95 Å². The van der Waals surface area contributed by atoms with Gasteiger partial charge in [-0.15, -0.1) is 0 Å². The Hall–Kier alpha value is -3.07. The normalized spacial score (nSPS) is 10.5. The molecule has 104 valence electrons. The van der Waals surface area contributed by atoms with E-state index in [-0.39, 0.29) is 5.95 Å². The molecule has 0 radical (unpaired) electrons. The van der Waals surface area contributed by atoms with E-state index in [1.165, 1.54) is 0 Å². The number of imidazole rings is 1. The maximum absolute atomic E-state index is 9.35. The lowest BCUT2D eigenvalue weighted by atomic mass is 10.1. The smallest absolute Gasteiger partial charge is 0.207 e. The number of nitrogens with zero attached hydrogens (tertiary/aromatic N) is 4. The summed E-state index contributed by atoms with van der Waals surface area (Å²) in [5, 5.41) is 9.35. The van der Waals surface area contributed by atoms with E-state index in [0.29, 0.717) is 28.2 Å². The van der Waals surface area contributed by atoms with E-state index in [1.54, 1.807) is 36.1 Å². The van der Waals surface area contributed by atoms with Crippen molar-refractivity contribution >= 4 is 17.1 Å². The first-order chi connectivity index (χ1) is 10.2. The van der Waals surface area contributed by atoms with Gasteiger partial charge in [-0.3, -0.25) is 4.57 Å². The van der Waals surface area contributed by atoms with Gasteiger partial charge in [0, 0.05) is 6.20 Å². The fourth-order valence-electron chi connectivity index (χ4n) is 2.34. The number of ether oxygens (including phenoxy) is 1. The van der Waals surface area contributed by atoms with Crippen LogP contribution in [-0.4, -0.2) is 21.6 Å². The number of nitrogen functional groups attached to an aromatic ring is 1. The number of nitriles is 1. The Balaban J connectivity index is 2.45. The third-order valence-electron chi connectivity index (χ3n) is 3.34. The number of nitrogens with two attached hydrogens (primary N) is 1. The molecule has 0 aliphatic heterocycles. The van der Waals surface area contributed by atoms with Crippen LogP contribution < -0.4 is 10.5 Å². The third-order valence-corrected chi connectivity index (χ3v) is 3.34. The predicted octanol–water partition coefficient (Wildman–Crippen LogP) is 2.19. The third kappa shape index (κ3) is 1.87. The second kappa shape index (κ2) is 4.80. The fraction of sp³-hybridized carbons (Fsp3) is 0.133. The van der Waals surface area contributed by atoms with Crippen molar-refractivity contribution in [3.05, 3.63) is 41.6 Å². The summed E-state index contributed by atoms with van der Waals surface area (Å²) in [6, 6.07) is 9.26. The van der Waals surface area contributed by atoms with Crippen LogP contribution in [0.3, 0.4) is 0 Å². The van der Waals surface area contributed by atoms with Crippen molar-refractivity contribution in [1.82, 2.24) is 14.5 Å². The van der Waals surface area contributed by atoms with Gasteiger partial charge in [-0.1, -0.05) is 6.07 Å². The monoisotopic (exact) mass is 279 g/mol. The van der Waals surface area contributed by atoms with Crippen LogP contribution in [0.5, 0.6) is 5.75 Å². The Morgan fingerprint density at radius 2 is 2.14 bits per heavy atom. The number of hydrogen-bond acceptors (Lipinski definition) is 5. The minimum Gasteiger partial charge on any atom is -0.495 e. The molecule has 6 heteroatoms. The molecule has 2 aromatic heterocycles. The van der Waals surface area contributed by atoms with E-state index >= 15 is 0 Å². The van der Waals surface area contributed by atoms with Crippen molar-refractivity contribution in [1.29, 1.82) is 5.26 Å². The van der Waals surface area contributed by atoms with E-state index in [1.807, 2.05) is 13.0 Å². The van der Waals surface area contributed by atoms with Gasteiger partial charge >= 0.3 is 0 Å². The predicted molar refractivity (Wildman–Crippen MR) is 79.3 cm³/mol. The van der Waals surface area contributed by atoms with Gasteiger partial charge in [0.1, 0.15) is 23.0 Å². The number of aromatic nitrogens is 3. The zero-order valence-corrected chi connectivity index (χ0v) is 11.7. The van der Waals surface area contributed by atoms with Gasteiger partial charge in [0.25, 0.3) is 0 Å². The highest BCUT2D eigenvalue weighted by Gasteiger charge is 2.19. The molecule has 21 heavy (non-hydrogen) atoms. The molecule has 0 saturated carbocycles. The highest BCUT2D eigenvalue weighted by Crippen LogP contribution is 2.32. The SMILES string of the molecule is COc1cccc(C#N)c1-n1c(N)nc2c(C)ccnc21. The zero-order valence-electron chi connectivity index (χ0n) is 11.7. The quantitative estimate of drug-likeness (QED) is 0.776. The molecule has 0 amide bonds. The summed E-state index contributed by atoms with van der Waals surface area (Å²) >= 11 is 0. The molecular weight excluding hydrogens is 266 g/mol. The molecule has 0 fully saturated rings. The topological polar surface area (TPSA) is 89.8 Å². The van der Waals surface area contributed by atoms with Crippen molar-refractivity contribution in [3.63, 3.8) is 0 Å². The molecule has 0 atom stereocenters. The largest absolute Gasteiger partial charge is 0.495 e. The number of anilines is 1. The maximum atomic E-state index is 9.35. The van der Waals surface area contributed by atoms with E-state index in [2.05, 4.69) is 16.0 Å². The van der Waals surface area contributed by atoms with Crippen LogP contribution >= 0.6 is 0 Å². The van der Waals surface area contributed by atoms with Gasteiger partial charge in [-0.05, 0) is 30.7 Å². The first-order valence-corrected chi connectivity index (χ1v) is 6.34. The van der Waals surface area contributed by atoms with E-state index in [9.17, 15) is 5.26 Å². The van der Waals surface area contributed by atoms with Gasteiger partial charge in [0.05, 0.1) is 12.7 Å². The number of benzene rings is 1. The molecule has 0 unspecified atom stereocenters. The second-order valence-electron chi connectivity index (χ2n) is 4.57. The number of fused-ring (bicyclic) bond motifs is 1. The minimum atomic E-state index is 0.271. The van der Waals surface area contributed by atoms with Crippen LogP contribution in [0.25, 0.3) is 16.9 Å². The summed E-state index contributed by atoms with van der Waals surface area (Å²) in [6.07, 6.45) is 1.69. The van der Waals surface area contributed by atoms with Crippen LogP contribution in [0.15, 0.2) is 30.5 Å². The van der Waals surface area contributed by atoms with Gasteiger partial charge in [0.2, 0.25) is 5.95 Å². The van der Waals surface area contributed by atoms with Crippen molar-refractivity contribution in [2.45, 2.75) is 6.92 Å². The Morgan fingerprint density at radius 3 is 2.86 bits per heavy atom. The van der Waals surface area contributed by atoms with E-state index in [4.69, 9.17) is 10.5 Å². The van der Waals surface area contributed by atoms with Crippen molar-refractivity contribution in [2.75, 3.05) is 12.8 Å². The van der Waals surface area contributed by atoms with E-state index < -0.39 is 0 Å². The maximum Gasteiger partial charge on any atom is 0.207 e.